The molecule has 4 heteroatoms. The summed E-state index contributed by atoms with van der Waals surface area (Å²) in [6.07, 6.45) is 5.54. The van der Waals surface area contributed by atoms with Crippen molar-refractivity contribution in [2.75, 3.05) is 0 Å². The largest absolute Gasteiger partial charge is 0.361 e. The quantitative estimate of drug-likeness (QED) is 0.561. The average Bonchev–Trinajstić information content (AvgIpc) is 2.90. The number of aromatic amines is 1. The summed E-state index contributed by atoms with van der Waals surface area (Å²) in [7, 11) is 0. The van der Waals surface area contributed by atoms with Gasteiger partial charge in [0.15, 0.2) is 0 Å². The highest BCUT2D eigenvalue weighted by atomic mass is 15.1. The minimum Gasteiger partial charge on any atom is -0.361 e. The van der Waals surface area contributed by atoms with Crippen LogP contribution in [0.25, 0.3) is 33.1 Å². The van der Waals surface area contributed by atoms with E-state index in [4.69, 9.17) is 0 Å². The summed E-state index contributed by atoms with van der Waals surface area (Å²) < 4.78 is 0. The van der Waals surface area contributed by atoms with Crippen LogP contribution < -0.4 is 0 Å². The molecule has 4 rings (SSSR count). The van der Waals surface area contributed by atoms with Crippen LogP contribution in [-0.2, 0) is 0 Å². The smallest absolute Gasteiger partial charge is 0.112 e. The summed E-state index contributed by atoms with van der Waals surface area (Å²) in [6.45, 7) is 0. The summed E-state index contributed by atoms with van der Waals surface area (Å²) in [5.74, 6) is 0. The molecule has 0 unspecified atom stereocenters. The van der Waals surface area contributed by atoms with Crippen LogP contribution in [-0.4, -0.2) is 20.2 Å². The van der Waals surface area contributed by atoms with Crippen molar-refractivity contribution >= 4 is 21.9 Å². The van der Waals surface area contributed by atoms with Crippen molar-refractivity contribution < 1.29 is 0 Å². The molecule has 0 aliphatic rings. The fourth-order valence-corrected chi connectivity index (χ4v) is 2.39. The lowest BCUT2D eigenvalue weighted by molar-refractivity contribution is 1.07. The summed E-state index contributed by atoms with van der Waals surface area (Å²) in [4.78, 5) is 7.70. The normalized spacial score (nSPS) is 11.2. The topological polar surface area (TPSA) is 54.5 Å². The van der Waals surface area contributed by atoms with E-state index in [2.05, 4.69) is 32.3 Å². The number of aromatic nitrogens is 4. The number of fused-ring (bicyclic) bond motifs is 2. The van der Waals surface area contributed by atoms with Crippen molar-refractivity contribution in [2.45, 2.75) is 0 Å². The predicted molar refractivity (Wildman–Crippen MR) is 74.6 cm³/mol. The van der Waals surface area contributed by atoms with Crippen LogP contribution in [0.2, 0.25) is 0 Å². The Bertz CT molecular complexity index is 874. The number of hydrogen-bond acceptors (Lipinski definition) is 3. The van der Waals surface area contributed by atoms with Gasteiger partial charge in [-0.15, -0.1) is 5.10 Å². The van der Waals surface area contributed by atoms with Crippen LogP contribution in [0.4, 0.5) is 0 Å². The first-order valence-corrected chi connectivity index (χ1v) is 6.06. The Balaban J connectivity index is 2.10. The van der Waals surface area contributed by atoms with E-state index in [9.17, 15) is 0 Å². The molecule has 0 atom stereocenters. The predicted octanol–water partition coefficient (Wildman–Crippen LogP) is 3.17. The molecule has 0 saturated carbocycles. The molecule has 1 aromatic carbocycles. The molecule has 4 aromatic rings. The van der Waals surface area contributed by atoms with E-state index in [1.54, 1.807) is 12.4 Å². The number of pyridine rings is 1. The van der Waals surface area contributed by atoms with Gasteiger partial charge in [0.2, 0.25) is 0 Å². The molecule has 3 aromatic heterocycles. The van der Waals surface area contributed by atoms with Gasteiger partial charge in [-0.3, -0.25) is 4.98 Å². The zero-order chi connectivity index (χ0) is 12.7. The second-order valence-electron chi connectivity index (χ2n) is 4.38. The molecule has 0 aliphatic carbocycles. The molecule has 0 bridgehead atoms. The molecule has 0 amide bonds. The number of hydrogen-bond donors (Lipinski definition) is 1. The molecule has 1 N–H and O–H groups in total. The van der Waals surface area contributed by atoms with Crippen molar-refractivity contribution in [3.63, 3.8) is 0 Å². The standard InChI is InChI=1S/C15H10N4/c1-2-5-13-10(4-1)11(8-17-13)12-9-18-19-14-6-3-7-16-15(12)14/h1-9,17H. The van der Waals surface area contributed by atoms with Crippen molar-refractivity contribution in [3.8, 4) is 11.1 Å². The lowest BCUT2D eigenvalue weighted by Gasteiger charge is -2.02. The molecule has 19 heavy (non-hydrogen) atoms. The van der Waals surface area contributed by atoms with Crippen LogP contribution in [0.1, 0.15) is 0 Å². The first-order valence-electron chi connectivity index (χ1n) is 6.06. The molecule has 0 aliphatic heterocycles. The van der Waals surface area contributed by atoms with Gasteiger partial charge < -0.3 is 4.98 Å². The number of nitrogens with one attached hydrogen (secondary N) is 1. The average molecular weight is 246 g/mol. The van der Waals surface area contributed by atoms with Gasteiger partial charge in [0.05, 0.1) is 11.7 Å². The SMILES string of the molecule is c1cnc2c(-c3c[nH]c4ccccc34)cnnc2c1. The van der Waals surface area contributed by atoms with Gasteiger partial charge in [0.25, 0.3) is 0 Å². The van der Waals surface area contributed by atoms with Gasteiger partial charge in [-0.2, -0.15) is 5.10 Å². The van der Waals surface area contributed by atoms with Crippen LogP contribution in [0.5, 0.6) is 0 Å². The van der Waals surface area contributed by atoms with Crippen LogP contribution in [0.15, 0.2) is 55.0 Å². The molecule has 90 valence electrons. The second kappa shape index (κ2) is 3.88. The van der Waals surface area contributed by atoms with Crippen LogP contribution in [0.3, 0.4) is 0 Å². The summed E-state index contributed by atoms with van der Waals surface area (Å²) in [6, 6.07) is 12.0. The minimum absolute atomic E-state index is 0.810. The Labute approximate surface area is 109 Å². The van der Waals surface area contributed by atoms with E-state index < -0.39 is 0 Å². The molecule has 3 heterocycles. The monoisotopic (exact) mass is 246 g/mol. The second-order valence-corrected chi connectivity index (χ2v) is 4.38. The highest BCUT2D eigenvalue weighted by Gasteiger charge is 2.10. The fraction of sp³-hybridized carbons (Fsp3) is 0. The summed E-state index contributed by atoms with van der Waals surface area (Å²) in [5.41, 5.74) is 4.91. The number of para-hydroxylation sites is 1. The minimum atomic E-state index is 0.810. The van der Waals surface area contributed by atoms with E-state index in [1.165, 1.54) is 5.39 Å². The molecular weight excluding hydrogens is 236 g/mol. The van der Waals surface area contributed by atoms with Crippen molar-refractivity contribution in [3.05, 3.63) is 55.0 Å². The van der Waals surface area contributed by atoms with Gasteiger partial charge in [-0.25, -0.2) is 0 Å². The lowest BCUT2D eigenvalue weighted by Crippen LogP contribution is -1.89. The molecule has 0 spiro atoms. The Morgan fingerprint density at radius 3 is 2.89 bits per heavy atom. The lowest BCUT2D eigenvalue weighted by atomic mass is 10.1. The van der Waals surface area contributed by atoms with Gasteiger partial charge in [0.1, 0.15) is 5.52 Å². The fourth-order valence-electron chi connectivity index (χ4n) is 2.39. The maximum absolute atomic E-state index is 4.43. The van der Waals surface area contributed by atoms with Gasteiger partial charge >= 0.3 is 0 Å². The number of rotatable bonds is 1. The number of nitrogens with zero attached hydrogens (tertiary/aromatic N) is 3. The molecule has 0 fully saturated rings. The number of H-pyrrole nitrogens is 1. The maximum Gasteiger partial charge on any atom is 0.112 e. The Hall–Kier alpha value is -2.75. The Kier molecular flexibility index (Phi) is 2.08. The third-order valence-electron chi connectivity index (χ3n) is 3.27. The Morgan fingerprint density at radius 1 is 0.947 bits per heavy atom. The first kappa shape index (κ1) is 10.2. The van der Waals surface area contributed by atoms with Crippen LogP contribution >= 0.6 is 0 Å². The highest BCUT2D eigenvalue weighted by Crippen LogP contribution is 2.31. The summed E-state index contributed by atoms with van der Waals surface area (Å²) >= 11 is 0. The summed E-state index contributed by atoms with van der Waals surface area (Å²) in [5, 5.41) is 9.35. The third-order valence-corrected chi connectivity index (χ3v) is 3.27. The molecule has 0 radical (unpaired) electrons. The molecular formula is C15H10N4. The van der Waals surface area contributed by atoms with Crippen molar-refractivity contribution in [1.82, 2.24) is 20.2 Å². The molecule has 4 nitrogen and oxygen atoms in total. The van der Waals surface area contributed by atoms with Crippen molar-refractivity contribution in [2.24, 2.45) is 0 Å². The third kappa shape index (κ3) is 1.50. The van der Waals surface area contributed by atoms with Crippen molar-refractivity contribution in [1.29, 1.82) is 0 Å². The van der Waals surface area contributed by atoms with E-state index in [-0.39, 0.29) is 0 Å². The van der Waals surface area contributed by atoms with Gasteiger partial charge in [-0.1, -0.05) is 18.2 Å². The molecule has 0 saturated heterocycles. The van der Waals surface area contributed by atoms with E-state index >= 15 is 0 Å². The van der Waals surface area contributed by atoms with E-state index in [0.717, 1.165) is 27.7 Å². The van der Waals surface area contributed by atoms with Gasteiger partial charge in [0, 0.05) is 34.4 Å². The zero-order valence-corrected chi connectivity index (χ0v) is 10.0. The first-order chi connectivity index (χ1) is 9.43. The van der Waals surface area contributed by atoms with E-state index in [0.29, 0.717) is 0 Å². The van der Waals surface area contributed by atoms with Gasteiger partial charge in [-0.05, 0) is 18.2 Å². The maximum atomic E-state index is 4.43. The number of benzene rings is 1. The Morgan fingerprint density at radius 2 is 1.89 bits per heavy atom. The van der Waals surface area contributed by atoms with E-state index in [1.807, 2.05) is 30.5 Å². The highest BCUT2D eigenvalue weighted by molar-refractivity contribution is 6.02. The van der Waals surface area contributed by atoms with Crippen LogP contribution in [0, 0.1) is 0 Å². The zero-order valence-electron chi connectivity index (χ0n) is 10.0.